The van der Waals surface area contributed by atoms with Crippen LogP contribution in [-0.2, 0) is 6.61 Å². The molecule has 0 atom stereocenters. The van der Waals surface area contributed by atoms with Crippen molar-refractivity contribution < 1.29 is 14.1 Å². The highest BCUT2D eigenvalue weighted by Gasteiger charge is 2.17. The summed E-state index contributed by atoms with van der Waals surface area (Å²) in [4.78, 5) is 9.90. The molecule has 4 nitrogen and oxygen atoms in total. The van der Waals surface area contributed by atoms with E-state index < -0.39 is 16.4 Å². The molecule has 0 unspecified atom stereocenters. The maximum Gasteiger partial charge on any atom is 0.305 e. The lowest BCUT2D eigenvalue weighted by atomic mass is 10.2. The number of hydrogen-bond acceptors (Lipinski definition) is 3. The highest BCUT2D eigenvalue weighted by molar-refractivity contribution is 9.11. The molecule has 0 aliphatic carbocycles. The van der Waals surface area contributed by atoms with E-state index >= 15 is 0 Å². The normalized spacial score (nSPS) is 10.3. The summed E-state index contributed by atoms with van der Waals surface area (Å²) in [5, 5.41) is 10.7. The predicted molar refractivity (Wildman–Crippen MR) is 79.2 cm³/mol. The van der Waals surface area contributed by atoms with E-state index in [1.807, 2.05) is 0 Å². The molecule has 0 bridgehead atoms. The van der Waals surface area contributed by atoms with Crippen LogP contribution >= 0.6 is 31.9 Å². The minimum Gasteiger partial charge on any atom is -0.488 e. The van der Waals surface area contributed by atoms with Gasteiger partial charge in [-0.2, -0.15) is 4.39 Å². The van der Waals surface area contributed by atoms with Crippen LogP contribution in [0.25, 0.3) is 0 Å². The lowest BCUT2D eigenvalue weighted by molar-refractivity contribution is -0.387. The number of hydrogen-bond donors (Lipinski definition) is 0. The first kappa shape index (κ1) is 14.9. The molecule has 0 radical (unpaired) electrons. The molecule has 0 saturated heterocycles. The third-order valence-corrected chi connectivity index (χ3v) is 3.65. The fourth-order valence-electron chi connectivity index (χ4n) is 1.57. The molecule has 0 aromatic heterocycles. The lowest BCUT2D eigenvalue weighted by Crippen LogP contribution is -2.02. The number of benzene rings is 2. The van der Waals surface area contributed by atoms with Gasteiger partial charge in [-0.3, -0.25) is 10.1 Å². The monoisotopic (exact) mass is 403 g/mol. The fourth-order valence-corrected chi connectivity index (χ4v) is 2.73. The second-order valence-electron chi connectivity index (χ2n) is 3.87. The van der Waals surface area contributed by atoms with Crippen LogP contribution in [0.15, 0.2) is 45.3 Å². The first-order chi connectivity index (χ1) is 9.49. The molecule has 0 saturated carbocycles. The molecule has 2 aromatic carbocycles. The maximum atomic E-state index is 13.8. The first-order valence-electron chi connectivity index (χ1n) is 5.48. The number of halogens is 3. The summed E-state index contributed by atoms with van der Waals surface area (Å²) >= 11 is 6.63. The van der Waals surface area contributed by atoms with Crippen LogP contribution in [0.2, 0.25) is 0 Å². The minimum absolute atomic E-state index is 0.0895. The van der Waals surface area contributed by atoms with E-state index in [1.165, 1.54) is 12.1 Å². The summed E-state index contributed by atoms with van der Waals surface area (Å²) in [6.45, 7) is -0.0895. The maximum absolute atomic E-state index is 13.8. The van der Waals surface area contributed by atoms with Crippen LogP contribution in [0.3, 0.4) is 0 Å². The van der Waals surface area contributed by atoms with Crippen molar-refractivity contribution in [2.75, 3.05) is 0 Å². The van der Waals surface area contributed by atoms with Crippen molar-refractivity contribution in [3.63, 3.8) is 0 Å². The van der Waals surface area contributed by atoms with Crippen molar-refractivity contribution >= 4 is 37.5 Å². The zero-order valence-electron chi connectivity index (χ0n) is 9.98. The molecule has 0 N–H and O–H groups in total. The third kappa shape index (κ3) is 3.34. The molecule has 0 fully saturated rings. The number of nitro benzene ring substituents is 1. The fraction of sp³-hybridized carbons (Fsp3) is 0.0769. The van der Waals surface area contributed by atoms with E-state index in [-0.39, 0.29) is 12.2 Å². The second kappa shape index (κ2) is 6.32. The van der Waals surface area contributed by atoms with Crippen LogP contribution in [0.4, 0.5) is 10.1 Å². The largest absolute Gasteiger partial charge is 0.488 e. The molecule has 7 heteroatoms. The van der Waals surface area contributed by atoms with Crippen molar-refractivity contribution in [1.29, 1.82) is 0 Å². The number of nitrogens with zero attached hydrogens (tertiary/aromatic N) is 1. The van der Waals surface area contributed by atoms with E-state index in [4.69, 9.17) is 4.74 Å². The summed E-state index contributed by atoms with van der Waals surface area (Å²) in [6, 6.07) is 9.28. The average Bonchev–Trinajstić information content (AvgIpc) is 2.39. The van der Waals surface area contributed by atoms with Gasteiger partial charge < -0.3 is 4.74 Å². The van der Waals surface area contributed by atoms with Crippen molar-refractivity contribution in [3.05, 3.63) is 66.8 Å². The molecular weight excluding hydrogens is 397 g/mol. The Hall–Kier alpha value is -1.47. The molecule has 0 amide bonds. The van der Waals surface area contributed by atoms with Gasteiger partial charge in [-0.1, -0.05) is 28.1 Å². The van der Waals surface area contributed by atoms with Crippen LogP contribution in [0.1, 0.15) is 5.56 Å². The highest BCUT2D eigenvalue weighted by Crippen LogP contribution is 2.29. The number of rotatable bonds is 4. The smallest absolute Gasteiger partial charge is 0.305 e. The molecule has 2 rings (SSSR count). The van der Waals surface area contributed by atoms with Crippen molar-refractivity contribution in [1.82, 2.24) is 0 Å². The van der Waals surface area contributed by atoms with E-state index in [0.717, 1.165) is 10.5 Å². The van der Waals surface area contributed by atoms with Gasteiger partial charge in [-0.25, -0.2) is 0 Å². The molecule has 0 heterocycles. The van der Waals surface area contributed by atoms with Gasteiger partial charge in [0.1, 0.15) is 12.4 Å². The Morgan fingerprint density at radius 3 is 2.65 bits per heavy atom. The van der Waals surface area contributed by atoms with Gasteiger partial charge in [0.15, 0.2) is 0 Å². The number of ether oxygens (including phenoxy) is 1. The van der Waals surface area contributed by atoms with Crippen LogP contribution < -0.4 is 4.74 Å². The highest BCUT2D eigenvalue weighted by atomic mass is 79.9. The Morgan fingerprint density at radius 2 is 2.00 bits per heavy atom. The quantitative estimate of drug-likeness (QED) is 0.541. The zero-order chi connectivity index (χ0) is 14.7. The molecular formula is C13H8Br2FNO3. The Balaban J connectivity index is 2.19. The van der Waals surface area contributed by atoms with Gasteiger partial charge in [0.05, 0.1) is 9.40 Å². The van der Waals surface area contributed by atoms with Crippen LogP contribution in [-0.4, -0.2) is 4.92 Å². The molecule has 0 aliphatic heterocycles. The average molecular weight is 405 g/mol. The zero-order valence-corrected chi connectivity index (χ0v) is 13.1. The van der Waals surface area contributed by atoms with Crippen LogP contribution in [0, 0.1) is 15.9 Å². The van der Waals surface area contributed by atoms with E-state index in [9.17, 15) is 14.5 Å². The Bertz CT molecular complexity index is 664. The van der Waals surface area contributed by atoms with Crippen LogP contribution in [0.5, 0.6) is 5.75 Å². The van der Waals surface area contributed by atoms with Gasteiger partial charge in [0.25, 0.3) is 0 Å². The third-order valence-electron chi connectivity index (χ3n) is 2.53. The molecule has 2 aromatic rings. The second-order valence-corrected chi connectivity index (χ2v) is 5.64. The topological polar surface area (TPSA) is 52.4 Å². The van der Waals surface area contributed by atoms with Gasteiger partial charge >= 0.3 is 5.69 Å². The van der Waals surface area contributed by atoms with Crippen molar-refractivity contribution in [2.24, 2.45) is 0 Å². The standard InChI is InChI=1S/C13H8Br2FNO3/c14-9-4-5-12(10(15)6-9)20-7-8-2-1-3-11(13(8)16)17(18)19/h1-6H,7H2. The summed E-state index contributed by atoms with van der Waals surface area (Å²) in [5.74, 6) is -0.343. The summed E-state index contributed by atoms with van der Waals surface area (Å²) in [5.41, 5.74) is -0.421. The SMILES string of the molecule is O=[N+]([O-])c1cccc(COc2ccc(Br)cc2Br)c1F. The van der Waals surface area contributed by atoms with Gasteiger partial charge in [-0.05, 0) is 34.1 Å². The van der Waals surface area contributed by atoms with Gasteiger partial charge in [0, 0.05) is 16.1 Å². The van der Waals surface area contributed by atoms with Gasteiger partial charge in [0.2, 0.25) is 5.82 Å². The van der Waals surface area contributed by atoms with Crippen molar-refractivity contribution in [3.8, 4) is 5.75 Å². The minimum atomic E-state index is -0.870. The summed E-state index contributed by atoms with van der Waals surface area (Å²) in [6.07, 6.45) is 0. The molecule has 104 valence electrons. The van der Waals surface area contributed by atoms with E-state index in [1.54, 1.807) is 18.2 Å². The number of nitro groups is 1. The van der Waals surface area contributed by atoms with Gasteiger partial charge in [-0.15, -0.1) is 0 Å². The predicted octanol–water partition coefficient (Wildman–Crippen LogP) is 4.84. The molecule has 0 spiro atoms. The first-order valence-corrected chi connectivity index (χ1v) is 7.07. The lowest BCUT2D eigenvalue weighted by Gasteiger charge is -2.09. The Labute approximate surface area is 131 Å². The molecule has 0 aliphatic rings. The molecule has 20 heavy (non-hydrogen) atoms. The Morgan fingerprint density at radius 1 is 1.25 bits per heavy atom. The summed E-state index contributed by atoms with van der Waals surface area (Å²) < 4.78 is 20.9. The van der Waals surface area contributed by atoms with E-state index in [0.29, 0.717) is 10.2 Å². The Kier molecular flexibility index (Phi) is 4.72. The summed E-state index contributed by atoms with van der Waals surface area (Å²) in [7, 11) is 0. The van der Waals surface area contributed by atoms with E-state index in [2.05, 4.69) is 31.9 Å². The van der Waals surface area contributed by atoms with Crippen molar-refractivity contribution in [2.45, 2.75) is 6.61 Å².